The molecule has 124 valence electrons. The molecule has 0 aliphatic carbocycles. The summed E-state index contributed by atoms with van der Waals surface area (Å²) in [6.45, 7) is 0.629. The fraction of sp³-hybridized carbons (Fsp3) is 0.375. The fourth-order valence-electron chi connectivity index (χ4n) is 2.06. The summed E-state index contributed by atoms with van der Waals surface area (Å²) < 4.78 is 15.1. The largest absolute Gasteiger partial charge is 0.454 e. The van der Waals surface area contributed by atoms with Gasteiger partial charge in [0.1, 0.15) is 6.26 Å². The Labute approximate surface area is 134 Å². The van der Waals surface area contributed by atoms with E-state index in [0.29, 0.717) is 13.4 Å². The van der Waals surface area contributed by atoms with Crippen LogP contribution in [-0.4, -0.2) is 29.4 Å². The van der Waals surface area contributed by atoms with Crippen LogP contribution >= 0.6 is 0 Å². The minimum Gasteiger partial charge on any atom is -0.454 e. The molecule has 7 heteroatoms. The molecule has 1 aromatic carbocycles. The summed E-state index contributed by atoms with van der Waals surface area (Å²) >= 11 is 0. The van der Waals surface area contributed by atoms with Gasteiger partial charge in [-0.2, -0.15) is 0 Å². The maximum absolute atomic E-state index is 10.1. The molecule has 0 atom stereocenters. The average molecular weight is 320 g/mol. The summed E-state index contributed by atoms with van der Waals surface area (Å²) in [5.41, 5.74) is 6.04. The SMILES string of the molecule is NC(=O)c1ncco1.OCCCCCc1ccc2c(c1)OCO2. The lowest BCUT2D eigenvalue weighted by atomic mass is 10.1. The van der Waals surface area contributed by atoms with Crippen molar-refractivity contribution in [1.82, 2.24) is 4.98 Å². The maximum atomic E-state index is 10.1. The van der Waals surface area contributed by atoms with Crippen molar-refractivity contribution in [2.45, 2.75) is 25.7 Å². The Balaban J connectivity index is 0.000000203. The van der Waals surface area contributed by atoms with E-state index >= 15 is 0 Å². The summed E-state index contributed by atoms with van der Waals surface area (Å²) in [4.78, 5) is 13.6. The molecule has 7 nitrogen and oxygen atoms in total. The molecule has 0 saturated heterocycles. The summed E-state index contributed by atoms with van der Waals surface area (Å²) in [6, 6.07) is 6.08. The molecule has 2 heterocycles. The maximum Gasteiger partial charge on any atom is 0.304 e. The van der Waals surface area contributed by atoms with E-state index in [1.165, 1.54) is 18.0 Å². The molecular formula is C16H20N2O5. The molecular weight excluding hydrogens is 300 g/mol. The van der Waals surface area contributed by atoms with Crippen molar-refractivity contribution < 1.29 is 23.8 Å². The zero-order valence-electron chi connectivity index (χ0n) is 12.7. The predicted molar refractivity (Wildman–Crippen MR) is 82.2 cm³/mol. The van der Waals surface area contributed by atoms with Crippen molar-refractivity contribution in [2.24, 2.45) is 5.73 Å². The van der Waals surface area contributed by atoms with Crippen LogP contribution in [0.1, 0.15) is 35.5 Å². The van der Waals surface area contributed by atoms with Gasteiger partial charge in [-0.15, -0.1) is 0 Å². The molecule has 1 aromatic heterocycles. The number of unbranched alkanes of at least 4 members (excludes halogenated alkanes) is 2. The molecule has 0 radical (unpaired) electrons. The lowest BCUT2D eigenvalue weighted by Crippen LogP contribution is -2.10. The summed E-state index contributed by atoms with van der Waals surface area (Å²) in [5, 5.41) is 8.65. The van der Waals surface area contributed by atoms with Crippen LogP contribution in [0.2, 0.25) is 0 Å². The number of fused-ring (bicyclic) bond motifs is 1. The van der Waals surface area contributed by atoms with Gasteiger partial charge < -0.3 is 24.7 Å². The molecule has 0 spiro atoms. The number of hydrogen-bond donors (Lipinski definition) is 2. The van der Waals surface area contributed by atoms with Crippen LogP contribution in [0.5, 0.6) is 11.5 Å². The third-order valence-electron chi connectivity index (χ3n) is 3.20. The topological polar surface area (TPSA) is 108 Å². The Morgan fingerprint density at radius 1 is 1.22 bits per heavy atom. The Morgan fingerprint density at radius 2 is 2.04 bits per heavy atom. The number of aromatic nitrogens is 1. The highest BCUT2D eigenvalue weighted by molar-refractivity contribution is 5.87. The van der Waals surface area contributed by atoms with Gasteiger partial charge >= 0.3 is 5.91 Å². The van der Waals surface area contributed by atoms with Crippen LogP contribution in [0.3, 0.4) is 0 Å². The van der Waals surface area contributed by atoms with E-state index in [9.17, 15) is 4.79 Å². The van der Waals surface area contributed by atoms with Gasteiger partial charge in [0.2, 0.25) is 6.79 Å². The number of benzene rings is 1. The molecule has 1 aliphatic heterocycles. The van der Waals surface area contributed by atoms with Gasteiger partial charge in [-0.1, -0.05) is 12.5 Å². The van der Waals surface area contributed by atoms with Crippen LogP contribution in [-0.2, 0) is 6.42 Å². The molecule has 0 unspecified atom stereocenters. The van der Waals surface area contributed by atoms with E-state index in [-0.39, 0.29) is 5.89 Å². The average Bonchev–Trinajstić information content (AvgIpc) is 3.22. The number of nitrogens with two attached hydrogens (primary N) is 1. The summed E-state index contributed by atoms with van der Waals surface area (Å²) in [5.74, 6) is 1.00. The van der Waals surface area contributed by atoms with E-state index in [0.717, 1.165) is 37.2 Å². The standard InChI is InChI=1S/C12H16O3.C4H4N2O2/c13-7-3-1-2-4-10-5-6-11-12(8-10)15-9-14-11;5-3(7)4-6-1-2-8-4/h5-6,8,13H,1-4,7,9H2;1-2H,(H2,5,7). The number of amides is 1. The van der Waals surface area contributed by atoms with Crippen LogP contribution in [0.25, 0.3) is 0 Å². The Morgan fingerprint density at radius 3 is 2.70 bits per heavy atom. The van der Waals surface area contributed by atoms with E-state index in [4.69, 9.17) is 20.3 Å². The Kier molecular flexibility index (Phi) is 6.43. The van der Waals surface area contributed by atoms with Crippen molar-refractivity contribution >= 4 is 5.91 Å². The number of aryl methyl sites for hydroxylation is 1. The molecule has 23 heavy (non-hydrogen) atoms. The lowest BCUT2D eigenvalue weighted by Gasteiger charge is -2.02. The first-order valence-electron chi connectivity index (χ1n) is 7.39. The van der Waals surface area contributed by atoms with Crippen molar-refractivity contribution in [2.75, 3.05) is 13.4 Å². The smallest absolute Gasteiger partial charge is 0.304 e. The highest BCUT2D eigenvalue weighted by Crippen LogP contribution is 2.32. The van der Waals surface area contributed by atoms with Gasteiger partial charge in [0.05, 0.1) is 6.20 Å². The number of aliphatic hydroxyl groups excluding tert-OH is 1. The molecule has 0 saturated carbocycles. The van der Waals surface area contributed by atoms with Gasteiger partial charge in [-0.25, -0.2) is 4.98 Å². The van der Waals surface area contributed by atoms with Crippen molar-refractivity contribution in [3.05, 3.63) is 42.1 Å². The Bertz CT molecular complexity index is 613. The molecule has 3 rings (SSSR count). The normalized spacial score (nSPS) is 11.7. The third-order valence-corrected chi connectivity index (χ3v) is 3.20. The highest BCUT2D eigenvalue weighted by atomic mass is 16.7. The van der Waals surface area contributed by atoms with Gasteiger partial charge in [0, 0.05) is 6.61 Å². The number of primary amides is 1. The second kappa shape index (κ2) is 8.79. The second-order valence-electron chi connectivity index (χ2n) is 4.92. The number of hydrogen-bond acceptors (Lipinski definition) is 6. The van der Waals surface area contributed by atoms with Gasteiger partial charge in [0.25, 0.3) is 5.89 Å². The first kappa shape index (κ1) is 16.8. The number of ether oxygens (including phenoxy) is 2. The molecule has 2 aromatic rings. The van der Waals surface area contributed by atoms with E-state index in [1.807, 2.05) is 12.1 Å². The minimum atomic E-state index is -0.644. The number of carbonyl (C=O) groups excluding carboxylic acids is 1. The Hall–Kier alpha value is -2.54. The van der Waals surface area contributed by atoms with Crippen LogP contribution in [0.4, 0.5) is 0 Å². The van der Waals surface area contributed by atoms with Crippen molar-refractivity contribution in [1.29, 1.82) is 0 Å². The zero-order valence-corrected chi connectivity index (χ0v) is 12.7. The van der Waals surface area contributed by atoms with Crippen molar-refractivity contribution in [3.8, 4) is 11.5 Å². The molecule has 0 bridgehead atoms. The molecule has 1 amide bonds. The number of rotatable bonds is 6. The monoisotopic (exact) mass is 320 g/mol. The highest BCUT2D eigenvalue weighted by Gasteiger charge is 2.12. The molecule has 0 fully saturated rings. The van der Waals surface area contributed by atoms with Gasteiger partial charge in [0.15, 0.2) is 11.5 Å². The van der Waals surface area contributed by atoms with Crippen molar-refractivity contribution in [3.63, 3.8) is 0 Å². The third kappa shape index (κ3) is 5.30. The summed E-state index contributed by atoms with van der Waals surface area (Å²) in [7, 11) is 0. The van der Waals surface area contributed by atoms with Crippen LogP contribution < -0.4 is 15.2 Å². The predicted octanol–water partition coefficient (Wildman–Crippen LogP) is 1.89. The number of oxazole rings is 1. The first-order valence-corrected chi connectivity index (χ1v) is 7.39. The van der Waals surface area contributed by atoms with Crippen LogP contribution in [0, 0.1) is 0 Å². The zero-order chi connectivity index (χ0) is 16.5. The number of aliphatic hydroxyl groups is 1. The quantitative estimate of drug-likeness (QED) is 0.787. The lowest BCUT2D eigenvalue weighted by molar-refractivity contribution is 0.0967. The van der Waals surface area contributed by atoms with Crippen LogP contribution in [0.15, 0.2) is 35.1 Å². The minimum absolute atomic E-state index is 0.0509. The number of carbonyl (C=O) groups is 1. The van der Waals surface area contributed by atoms with E-state index in [2.05, 4.69) is 15.5 Å². The van der Waals surface area contributed by atoms with E-state index in [1.54, 1.807) is 0 Å². The van der Waals surface area contributed by atoms with E-state index < -0.39 is 5.91 Å². The molecule has 1 aliphatic rings. The fourth-order valence-corrected chi connectivity index (χ4v) is 2.06. The first-order chi connectivity index (χ1) is 11.2. The second-order valence-corrected chi connectivity index (χ2v) is 4.92. The number of nitrogens with zero attached hydrogens (tertiary/aromatic N) is 1. The molecule has 3 N–H and O–H groups in total. The summed E-state index contributed by atoms with van der Waals surface area (Å²) in [6.07, 6.45) is 6.77. The van der Waals surface area contributed by atoms with Gasteiger partial charge in [-0.05, 0) is 37.0 Å². The van der Waals surface area contributed by atoms with Gasteiger partial charge in [-0.3, -0.25) is 4.79 Å².